The number of hydrogen-bond acceptors (Lipinski definition) is 6. The molecule has 0 radical (unpaired) electrons. The van der Waals surface area contributed by atoms with Gasteiger partial charge in [0.25, 0.3) is 0 Å². The Kier molecular flexibility index (Phi) is 14.4. The SMILES string of the molecule is CNS(=O)(=O)c1ccc(C)c(NC(=O)[C@@H](CC2CCCCC2)N=C(N)NC(=O)Cc2cc(C(F)(F)F)cc(C(F)(F)F)c2)c1.O=C(O)C(F)(F)F. The number of alkyl halides is 9. The van der Waals surface area contributed by atoms with Crippen molar-refractivity contribution in [3.05, 3.63) is 58.7 Å². The van der Waals surface area contributed by atoms with Crippen molar-refractivity contribution in [3.63, 3.8) is 0 Å². The Labute approximate surface area is 285 Å². The van der Waals surface area contributed by atoms with Crippen molar-refractivity contribution in [3.8, 4) is 0 Å². The van der Waals surface area contributed by atoms with Gasteiger partial charge in [-0.05, 0) is 67.8 Å². The number of carboxylic acid groups (broad SMARTS) is 1. The van der Waals surface area contributed by atoms with E-state index in [1.54, 1.807) is 6.92 Å². The van der Waals surface area contributed by atoms with E-state index in [-0.39, 0.29) is 29.0 Å². The zero-order valence-electron chi connectivity index (χ0n) is 26.9. The summed E-state index contributed by atoms with van der Waals surface area (Å²) in [5.74, 6) is -4.92. The monoisotopic (exact) mass is 763 g/mol. The first kappa shape index (κ1) is 42.8. The Hall–Kier alpha value is -4.40. The number of benzene rings is 2. The minimum Gasteiger partial charge on any atom is -0.475 e. The lowest BCUT2D eigenvalue weighted by Gasteiger charge is -2.25. The highest BCUT2D eigenvalue weighted by Gasteiger charge is 2.38. The van der Waals surface area contributed by atoms with Gasteiger partial charge in [0.05, 0.1) is 22.4 Å². The Morgan fingerprint density at radius 1 is 0.922 bits per heavy atom. The Balaban J connectivity index is 0.00000116. The number of carbonyl (C=O) groups excluding carboxylic acids is 2. The van der Waals surface area contributed by atoms with Crippen molar-refractivity contribution in [1.82, 2.24) is 10.0 Å². The number of rotatable bonds is 9. The minimum atomic E-state index is -5.08. The number of nitrogens with two attached hydrogens (primary N) is 1. The number of carboxylic acids is 1. The van der Waals surface area contributed by atoms with Gasteiger partial charge in [-0.3, -0.25) is 14.9 Å². The van der Waals surface area contributed by atoms with Gasteiger partial charge in [-0.15, -0.1) is 0 Å². The van der Waals surface area contributed by atoms with E-state index >= 15 is 0 Å². The second kappa shape index (κ2) is 17.2. The summed E-state index contributed by atoms with van der Waals surface area (Å²) >= 11 is 0. The molecule has 1 atom stereocenters. The molecule has 21 heteroatoms. The highest BCUT2D eigenvalue weighted by Crippen LogP contribution is 2.36. The van der Waals surface area contributed by atoms with Gasteiger partial charge in [-0.25, -0.2) is 22.9 Å². The molecule has 0 spiro atoms. The lowest BCUT2D eigenvalue weighted by atomic mass is 9.84. The fraction of sp³-hybridized carbons (Fsp3) is 0.467. The minimum absolute atomic E-state index is 0.0444. The number of nitrogens with one attached hydrogen (secondary N) is 3. The fourth-order valence-corrected chi connectivity index (χ4v) is 5.64. The van der Waals surface area contributed by atoms with Gasteiger partial charge in [-0.1, -0.05) is 38.2 Å². The van der Waals surface area contributed by atoms with Crippen LogP contribution in [0, 0.1) is 12.8 Å². The van der Waals surface area contributed by atoms with E-state index in [1.165, 1.54) is 25.2 Å². The van der Waals surface area contributed by atoms with Crippen molar-refractivity contribution in [2.75, 3.05) is 12.4 Å². The van der Waals surface area contributed by atoms with Crippen LogP contribution in [0.2, 0.25) is 0 Å². The van der Waals surface area contributed by atoms with Crippen LogP contribution in [0.25, 0.3) is 0 Å². The predicted octanol–water partition coefficient (Wildman–Crippen LogP) is 5.53. The van der Waals surface area contributed by atoms with Gasteiger partial charge in [-0.2, -0.15) is 39.5 Å². The summed E-state index contributed by atoms with van der Waals surface area (Å²) in [5.41, 5.74) is 2.94. The summed E-state index contributed by atoms with van der Waals surface area (Å²) in [4.78, 5) is 38.9. The van der Waals surface area contributed by atoms with Gasteiger partial charge < -0.3 is 16.2 Å². The van der Waals surface area contributed by atoms with Crippen molar-refractivity contribution < 1.29 is 67.4 Å². The molecule has 0 aliphatic heterocycles. The molecule has 11 nitrogen and oxygen atoms in total. The maximum atomic E-state index is 13.4. The molecule has 0 saturated heterocycles. The first-order valence-electron chi connectivity index (χ1n) is 14.9. The van der Waals surface area contributed by atoms with E-state index in [9.17, 15) is 57.5 Å². The molecule has 0 unspecified atom stereocenters. The number of halogens is 9. The highest BCUT2D eigenvalue weighted by molar-refractivity contribution is 7.89. The second-order valence-corrected chi connectivity index (χ2v) is 13.3. The highest BCUT2D eigenvalue weighted by atomic mass is 32.2. The van der Waals surface area contributed by atoms with Crippen molar-refractivity contribution >= 4 is 39.5 Å². The standard InChI is InChI=1S/C28H33F6N5O4S.C2HF3O2/c1-16-8-9-21(44(42,43)36-2)15-22(16)37-25(41)23(12-17-6-4-3-5-7-17)38-26(35)39-24(40)13-18-10-19(27(29,30)31)14-20(11-18)28(32,33)34;3-2(4,5)1(6)7/h8-11,14-15,17,23,36H,3-7,12-13H2,1-2H3,(H,37,41)(H3,35,38,39,40);(H,6,7)/t23-;/m1./s1. The third kappa shape index (κ3) is 13.7. The number of aliphatic carboxylic acids is 1. The lowest BCUT2D eigenvalue weighted by Crippen LogP contribution is -2.40. The molecule has 1 aliphatic rings. The molecule has 0 bridgehead atoms. The Morgan fingerprint density at radius 2 is 1.45 bits per heavy atom. The van der Waals surface area contributed by atoms with E-state index in [0.717, 1.165) is 32.1 Å². The van der Waals surface area contributed by atoms with Crippen LogP contribution in [0.5, 0.6) is 0 Å². The summed E-state index contributed by atoms with van der Waals surface area (Å²) in [6, 6.07) is 3.83. The summed E-state index contributed by atoms with van der Waals surface area (Å²) in [7, 11) is -2.58. The smallest absolute Gasteiger partial charge is 0.475 e. The van der Waals surface area contributed by atoms with Crippen LogP contribution in [0.15, 0.2) is 46.3 Å². The van der Waals surface area contributed by atoms with Gasteiger partial charge in [0.2, 0.25) is 21.8 Å². The molecule has 1 aliphatic carbocycles. The van der Waals surface area contributed by atoms with Crippen LogP contribution in [0.1, 0.15) is 60.8 Å². The largest absolute Gasteiger partial charge is 0.490 e. The number of carbonyl (C=O) groups is 3. The first-order valence-corrected chi connectivity index (χ1v) is 16.4. The number of guanidine groups is 1. The number of aliphatic imine (C=N–C) groups is 1. The quantitative estimate of drug-likeness (QED) is 0.127. The molecule has 0 heterocycles. The molecular weight excluding hydrogens is 729 g/mol. The van der Waals surface area contributed by atoms with Crippen LogP contribution in [-0.2, 0) is 43.2 Å². The maximum Gasteiger partial charge on any atom is 0.490 e. The zero-order chi connectivity index (χ0) is 38.9. The normalized spacial score (nSPS) is 15.3. The number of hydrogen-bond donors (Lipinski definition) is 5. The second-order valence-electron chi connectivity index (χ2n) is 11.4. The third-order valence-electron chi connectivity index (χ3n) is 7.45. The van der Waals surface area contributed by atoms with E-state index in [1.807, 2.05) is 0 Å². The van der Waals surface area contributed by atoms with Crippen molar-refractivity contribution in [2.24, 2.45) is 16.6 Å². The topological polar surface area (TPSA) is 180 Å². The van der Waals surface area contributed by atoms with Crippen LogP contribution in [-0.4, -0.2) is 56.5 Å². The molecule has 6 N–H and O–H groups in total. The van der Waals surface area contributed by atoms with Gasteiger partial charge in [0.1, 0.15) is 6.04 Å². The summed E-state index contributed by atoms with van der Waals surface area (Å²) in [5, 5.41) is 11.9. The first-order chi connectivity index (χ1) is 23.3. The molecule has 284 valence electrons. The fourth-order valence-electron chi connectivity index (χ4n) is 4.89. The summed E-state index contributed by atoms with van der Waals surface area (Å²) in [6.45, 7) is 1.65. The van der Waals surface area contributed by atoms with Crippen LogP contribution in [0.4, 0.5) is 45.2 Å². The molecule has 1 saturated carbocycles. The molecule has 2 aromatic carbocycles. The number of amides is 2. The molecule has 2 aromatic rings. The number of sulfonamides is 1. The molecule has 51 heavy (non-hydrogen) atoms. The number of aryl methyl sites for hydroxylation is 1. The number of anilines is 1. The van der Waals surface area contributed by atoms with Crippen LogP contribution < -0.4 is 21.1 Å². The Morgan fingerprint density at radius 3 is 1.92 bits per heavy atom. The lowest BCUT2D eigenvalue weighted by molar-refractivity contribution is -0.192. The van der Waals surface area contributed by atoms with Gasteiger partial charge in [0, 0.05) is 5.69 Å². The number of nitrogens with zero attached hydrogens (tertiary/aromatic N) is 1. The molecule has 3 rings (SSSR count). The van der Waals surface area contributed by atoms with Crippen LogP contribution in [0.3, 0.4) is 0 Å². The maximum absolute atomic E-state index is 13.4. The average Bonchev–Trinajstić information content (AvgIpc) is 3.01. The van der Waals surface area contributed by atoms with E-state index in [4.69, 9.17) is 15.6 Å². The van der Waals surface area contributed by atoms with E-state index in [2.05, 4.69) is 20.3 Å². The molecule has 2 amide bonds. The zero-order valence-corrected chi connectivity index (χ0v) is 27.7. The summed E-state index contributed by atoms with van der Waals surface area (Å²) < 4.78 is 138. The predicted molar refractivity (Wildman–Crippen MR) is 165 cm³/mol. The molecule has 1 fully saturated rings. The average molecular weight is 764 g/mol. The summed E-state index contributed by atoms with van der Waals surface area (Å²) in [6.07, 6.45) is -11.3. The van der Waals surface area contributed by atoms with Crippen molar-refractivity contribution in [2.45, 2.75) is 81.3 Å². The third-order valence-corrected chi connectivity index (χ3v) is 8.86. The van der Waals surface area contributed by atoms with Crippen molar-refractivity contribution in [1.29, 1.82) is 0 Å². The molecule has 0 aromatic heterocycles. The van der Waals surface area contributed by atoms with Crippen LogP contribution >= 0.6 is 0 Å². The van der Waals surface area contributed by atoms with E-state index < -0.39 is 81.4 Å². The Bertz CT molecular complexity index is 1670. The van der Waals surface area contributed by atoms with E-state index in [0.29, 0.717) is 17.7 Å². The van der Waals surface area contributed by atoms with Gasteiger partial charge in [0.15, 0.2) is 5.96 Å². The molecular formula is C30H34F9N5O6S. The van der Waals surface area contributed by atoms with Gasteiger partial charge >= 0.3 is 24.5 Å².